The lowest BCUT2D eigenvalue weighted by atomic mass is 10.0. The number of hydrazone groups is 1. The first-order valence-electron chi connectivity index (χ1n) is 12.0. The number of carbonyl (C=O) groups is 3. The highest BCUT2D eigenvalue weighted by Gasteiger charge is 2.15. The van der Waals surface area contributed by atoms with E-state index in [0.717, 1.165) is 5.56 Å². The topological polar surface area (TPSA) is 118 Å². The number of rotatable bonds is 10. The molecule has 3 amide bonds. The lowest BCUT2D eigenvalue weighted by Gasteiger charge is -2.13. The SMILES string of the molecule is COc1cc(/C=N\NC(=O)C(=O)NCc2ccc(C(C)C)cc2)cc(I)c1OCC(=O)Nc1cc(Cl)cc(Cl)c1. The van der Waals surface area contributed by atoms with Crippen molar-refractivity contribution >= 4 is 75.4 Å². The lowest BCUT2D eigenvalue weighted by molar-refractivity contribution is -0.139. The van der Waals surface area contributed by atoms with Crippen molar-refractivity contribution in [2.45, 2.75) is 26.3 Å². The highest BCUT2D eigenvalue weighted by molar-refractivity contribution is 14.1. The van der Waals surface area contributed by atoms with Crippen molar-refractivity contribution < 1.29 is 23.9 Å². The van der Waals surface area contributed by atoms with Crippen molar-refractivity contribution in [2.75, 3.05) is 19.0 Å². The molecule has 0 aromatic heterocycles. The number of nitrogens with one attached hydrogen (secondary N) is 3. The Morgan fingerprint density at radius 3 is 2.30 bits per heavy atom. The van der Waals surface area contributed by atoms with Gasteiger partial charge in [0.1, 0.15) is 0 Å². The van der Waals surface area contributed by atoms with E-state index in [0.29, 0.717) is 42.3 Å². The summed E-state index contributed by atoms with van der Waals surface area (Å²) in [5.41, 5.74) is 5.29. The van der Waals surface area contributed by atoms with Crippen LogP contribution in [0.25, 0.3) is 0 Å². The number of methoxy groups -OCH3 is 1. The molecule has 210 valence electrons. The van der Waals surface area contributed by atoms with Crippen LogP contribution < -0.4 is 25.5 Å². The van der Waals surface area contributed by atoms with Crippen molar-refractivity contribution in [2.24, 2.45) is 5.10 Å². The van der Waals surface area contributed by atoms with Gasteiger partial charge in [0, 0.05) is 22.3 Å². The van der Waals surface area contributed by atoms with Crippen LogP contribution in [-0.2, 0) is 20.9 Å². The predicted octanol–water partition coefficient (Wildman–Crippen LogP) is 5.51. The largest absolute Gasteiger partial charge is 0.493 e. The highest BCUT2D eigenvalue weighted by Crippen LogP contribution is 2.33. The van der Waals surface area contributed by atoms with E-state index in [9.17, 15) is 14.4 Å². The molecule has 0 spiro atoms. The first kappa shape index (κ1) is 31.2. The smallest absolute Gasteiger partial charge is 0.329 e. The van der Waals surface area contributed by atoms with E-state index >= 15 is 0 Å². The molecule has 0 aliphatic heterocycles. The van der Waals surface area contributed by atoms with Gasteiger partial charge < -0.3 is 20.1 Å². The van der Waals surface area contributed by atoms with Gasteiger partial charge in [-0.15, -0.1) is 0 Å². The molecular weight excluding hydrogens is 670 g/mol. The molecule has 0 atom stereocenters. The van der Waals surface area contributed by atoms with Crippen molar-refractivity contribution in [3.63, 3.8) is 0 Å². The molecule has 0 unspecified atom stereocenters. The minimum absolute atomic E-state index is 0.218. The number of halogens is 3. The van der Waals surface area contributed by atoms with Crippen LogP contribution in [0.1, 0.15) is 36.5 Å². The second-order valence-electron chi connectivity index (χ2n) is 8.81. The Morgan fingerprint density at radius 1 is 1.00 bits per heavy atom. The van der Waals surface area contributed by atoms with Gasteiger partial charge in [0.2, 0.25) is 0 Å². The summed E-state index contributed by atoms with van der Waals surface area (Å²) in [6.07, 6.45) is 1.36. The second kappa shape index (κ2) is 14.9. The van der Waals surface area contributed by atoms with Crippen LogP contribution in [0.4, 0.5) is 5.69 Å². The Kier molecular flexibility index (Phi) is 11.6. The average molecular weight is 697 g/mol. The Labute approximate surface area is 255 Å². The maximum Gasteiger partial charge on any atom is 0.329 e. The number of ether oxygens (including phenoxy) is 2. The van der Waals surface area contributed by atoms with E-state index in [2.05, 4.69) is 35.0 Å². The number of amides is 3. The quantitative estimate of drug-likeness (QED) is 0.112. The minimum atomic E-state index is -0.899. The third-order valence-corrected chi connectivity index (χ3v) is 6.67. The standard InChI is InChI=1S/C28H27Cl2IN4O5/c1-16(2)19-6-4-17(5-7-19)13-32-27(37)28(38)35-33-14-18-8-23(31)26(24(9-18)39-3)40-15-25(36)34-22-11-20(29)10-21(30)12-22/h4-12,14,16H,13,15H2,1-3H3,(H,32,37)(H,34,36)(H,35,38)/b33-14-. The van der Waals surface area contributed by atoms with Gasteiger partial charge in [-0.1, -0.05) is 61.3 Å². The van der Waals surface area contributed by atoms with Gasteiger partial charge in [0.05, 0.1) is 16.9 Å². The van der Waals surface area contributed by atoms with Crippen LogP contribution >= 0.6 is 45.8 Å². The number of hydrogen-bond acceptors (Lipinski definition) is 6. The van der Waals surface area contributed by atoms with Crippen molar-refractivity contribution in [1.29, 1.82) is 0 Å². The molecule has 3 rings (SSSR count). The molecule has 40 heavy (non-hydrogen) atoms. The zero-order valence-electron chi connectivity index (χ0n) is 21.9. The molecule has 3 aromatic rings. The summed E-state index contributed by atoms with van der Waals surface area (Å²) in [6, 6.07) is 15.8. The third-order valence-electron chi connectivity index (χ3n) is 5.43. The number of hydrogen-bond donors (Lipinski definition) is 3. The Balaban J connectivity index is 1.53. The maximum absolute atomic E-state index is 12.4. The van der Waals surface area contributed by atoms with E-state index in [1.54, 1.807) is 30.3 Å². The summed E-state index contributed by atoms with van der Waals surface area (Å²) in [4.78, 5) is 36.6. The molecule has 9 nitrogen and oxygen atoms in total. The predicted molar refractivity (Wildman–Crippen MR) is 164 cm³/mol. The van der Waals surface area contributed by atoms with Gasteiger partial charge in [0.15, 0.2) is 18.1 Å². The highest BCUT2D eigenvalue weighted by atomic mass is 127. The van der Waals surface area contributed by atoms with Gasteiger partial charge in [-0.25, -0.2) is 5.43 Å². The zero-order valence-corrected chi connectivity index (χ0v) is 25.6. The van der Waals surface area contributed by atoms with E-state index in [1.807, 2.05) is 46.9 Å². The third kappa shape index (κ3) is 9.39. The number of carbonyl (C=O) groups excluding carboxylic acids is 3. The van der Waals surface area contributed by atoms with E-state index < -0.39 is 17.7 Å². The first-order valence-corrected chi connectivity index (χ1v) is 13.9. The average Bonchev–Trinajstić information content (AvgIpc) is 2.90. The van der Waals surface area contributed by atoms with Gasteiger partial charge in [-0.05, 0) is 75.5 Å². The number of nitrogens with zero attached hydrogens (tertiary/aromatic N) is 1. The molecule has 0 aliphatic carbocycles. The molecule has 0 radical (unpaired) electrons. The van der Waals surface area contributed by atoms with E-state index in [4.69, 9.17) is 32.7 Å². The number of anilines is 1. The molecule has 0 bridgehead atoms. The lowest BCUT2D eigenvalue weighted by Crippen LogP contribution is -2.37. The molecule has 3 N–H and O–H groups in total. The van der Waals surface area contributed by atoms with Crippen LogP contribution in [0.3, 0.4) is 0 Å². The van der Waals surface area contributed by atoms with Gasteiger partial charge >= 0.3 is 11.8 Å². The fraction of sp³-hybridized carbons (Fsp3) is 0.214. The van der Waals surface area contributed by atoms with Crippen LogP contribution in [0.2, 0.25) is 10.0 Å². The summed E-state index contributed by atoms with van der Waals surface area (Å²) in [7, 11) is 1.45. The monoisotopic (exact) mass is 696 g/mol. The van der Waals surface area contributed by atoms with E-state index in [-0.39, 0.29) is 13.2 Å². The summed E-state index contributed by atoms with van der Waals surface area (Å²) < 4.78 is 11.7. The van der Waals surface area contributed by atoms with Crippen LogP contribution in [0, 0.1) is 3.57 Å². The van der Waals surface area contributed by atoms with Gasteiger partial charge in [0.25, 0.3) is 5.91 Å². The molecule has 0 aliphatic rings. The Hall–Kier alpha value is -3.35. The Morgan fingerprint density at radius 2 is 1.68 bits per heavy atom. The van der Waals surface area contributed by atoms with E-state index in [1.165, 1.54) is 18.9 Å². The normalized spacial score (nSPS) is 10.9. The molecule has 3 aromatic carbocycles. The van der Waals surface area contributed by atoms with Crippen molar-refractivity contribution in [3.8, 4) is 11.5 Å². The molecule has 0 heterocycles. The molecule has 0 saturated heterocycles. The fourth-order valence-corrected chi connectivity index (χ4v) is 4.72. The second-order valence-corrected chi connectivity index (χ2v) is 10.8. The van der Waals surface area contributed by atoms with Crippen LogP contribution in [0.5, 0.6) is 11.5 Å². The molecule has 0 fully saturated rings. The summed E-state index contributed by atoms with van der Waals surface area (Å²) in [5, 5.41) is 9.87. The molecular formula is C28H27Cl2IN4O5. The van der Waals surface area contributed by atoms with Crippen LogP contribution in [-0.4, -0.2) is 37.7 Å². The summed E-state index contributed by atoms with van der Waals surface area (Å²) >= 11 is 14.0. The summed E-state index contributed by atoms with van der Waals surface area (Å²) in [5.74, 6) is -1.02. The van der Waals surface area contributed by atoms with Crippen LogP contribution in [0.15, 0.2) is 59.7 Å². The summed E-state index contributed by atoms with van der Waals surface area (Å²) in [6.45, 7) is 4.12. The molecule has 12 heteroatoms. The van der Waals surface area contributed by atoms with Crippen molar-refractivity contribution in [1.82, 2.24) is 10.7 Å². The van der Waals surface area contributed by atoms with Crippen molar-refractivity contribution in [3.05, 3.63) is 84.9 Å². The Bertz CT molecular complexity index is 1390. The van der Waals surface area contributed by atoms with Gasteiger partial charge in [-0.3, -0.25) is 14.4 Å². The molecule has 0 saturated carbocycles. The number of benzene rings is 3. The first-order chi connectivity index (χ1) is 19.0. The fourth-order valence-electron chi connectivity index (χ4n) is 3.41. The van der Waals surface area contributed by atoms with Gasteiger partial charge in [-0.2, -0.15) is 5.10 Å². The zero-order chi connectivity index (χ0) is 29.2. The maximum atomic E-state index is 12.4. The minimum Gasteiger partial charge on any atom is -0.493 e.